The lowest BCUT2D eigenvalue weighted by atomic mass is 9.81. The van der Waals surface area contributed by atoms with E-state index in [0.717, 1.165) is 6.54 Å². The van der Waals surface area contributed by atoms with Gasteiger partial charge in [0, 0.05) is 30.9 Å². The Morgan fingerprint density at radius 2 is 1.74 bits per heavy atom. The normalized spacial score (nSPS) is 14.4. The van der Waals surface area contributed by atoms with Crippen LogP contribution in [-0.4, -0.2) is 49.1 Å². The zero-order valence-corrected chi connectivity index (χ0v) is 15.1. The van der Waals surface area contributed by atoms with E-state index in [-0.39, 0.29) is 0 Å². The van der Waals surface area contributed by atoms with E-state index in [1.54, 1.807) is 0 Å². The van der Waals surface area contributed by atoms with Crippen LogP contribution in [0.25, 0.3) is 0 Å². The molecule has 0 aromatic rings. The Bertz CT molecular complexity index is 215. The molecule has 0 amide bonds. The van der Waals surface area contributed by atoms with E-state index in [1.165, 1.54) is 31.6 Å². The zero-order valence-electron chi connectivity index (χ0n) is 14.3. The lowest BCUT2D eigenvalue weighted by molar-refractivity contribution is 0.125. The first-order chi connectivity index (χ1) is 8.94. The maximum Gasteiger partial charge on any atom is 0.0180 e. The first kappa shape index (κ1) is 19.3. The average Bonchev–Trinajstić information content (AvgIpc) is 2.40. The van der Waals surface area contributed by atoms with Crippen molar-refractivity contribution in [2.24, 2.45) is 5.41 Å². The van der Waals surface area contributed by atoms with E-state index in [0.29, 0.717) is 17.5 Å². The molecule has 116 valence electrons. The molecule has 2 nitrogen and oxygen atoms in total. The monoisotopic (exact) mass is 288 g/mol. The Morgan fingerprint density at radius 3 is 2.11 bits per heavy atom. The van der Waals surface area contributed by atoms with Gasteiger partial charge in [0.1, 0.15) is 0 Å². The summed E-state index contributed by atoms with van der Waals surface area (Å²) in [4.78, 5) is 2.59. The molecule has 1 atom stereocenters. The summed E-state index contributed by atoms with van der Waals surface area (Å²) in [7, 11) is 2.31. The van der Waals surface area contributed by atoms with E-state index in [4.69, 9.17) is 0 Å². The van der Waals surface area contributed by atoms with Crippen molar-refractivity contribution in [1.29, 1.82) is 0 Å². The highest BCUT2D eigenvalue weighted by Gasteiger charge is 2.29. The third kappa shape index (κ3) is 7.01. The molecule has 0 aromatic carbocycles. The van der Waals surface area contributed by atoms with Gasteiger partial charge in [0.2, 0.25) is 0 Å². The van der Waals surface area contributed by atoms with Crippen molar-refractivity contribution >= 4 is 11.8 Å². The van der Waals surface area contributed by atoms with Gasteiger partial charge in [-0.05, 0) is 38.0 Å². The van der Waals surface area contributed by atoms with Crippen LogP contribution in [0.3, 0.4) is 0 Å². The molecular weight excluding hydrogens is 252 g/mol. The van der Waals surface area contributed by atoms with Crippen LogP contribution >= 0.6 is 11.8 Å². The number of rotatable bonds is 11. The van der Waals surface area contributed by atoms with Crippen LogP contribution < -0.4 is 5.32 Å². The molecule has 0 aliphatic rings. The molecule has 0 rings (SSSR count). The van der Waals surface area contributed by atoms with E-state index in [2.05, 4.69) is 58.1 Å². The summed E-state index contributed by atoms with van der Waals surface area (Å²) in [6.07, 6.45) is 5.97. The van der Waals surface area contributed by atoms with Crippen molar-refractivity contribution in [3.8, 4) is 0 Å². The predicted molar refractivity (Wildman–Crippen MR) is 91.2 cm³/mol. The topological polar surface area (TPSA) is 15.3 Å². The summed E-state index contributed by atoms with van der Waals surface area (Å²) < 4.78 is 0. The van der Waals surface area contributed by atoms with Crippen LogP contribution in [0.5, 0.6) is 0 Å². The highest BCUT2D eigenvalue weighted by Crippen LogP contribution is 2.28. The lowest BCUT2D eigenvalue weighted by Crippen LogP contribution is -2.47. The minimum atomic E-state index is 0.421. The molecule has 0 heterocycles. The summed E-state index contributed by atoms with van der Waals surface area (Å²) in [6, 6.07) is 1.29. The van der Waals surface area contributed by atoms with E-state index in [1.807, 2.05) is 11.8 Å². The molecule has 0 aliphatic heterocycles. The summed E-state index contributed by atoms with van der Waals surface area (Å²) in [5.74, 6) is 1.24. The fourth-order valence-corrected chi connectivity index (χ4v) is 3.48. The number of thioether (sulfide) groups is 1. The smallest absolute Gasteiger partial charge is 0.0180 e. The van der Waals surface area contributed by atoms with Gasteiger partial charge in [-0.3, -0.25) is 0 Å². The molecule has 0 saturated carbocycles. The molecule has 3 heteroatoms. The molecule has 0 bridgehead atoms. The van der Waals surface area contributed by atoms with Crippen LogP contribution in [0, 0.1) is 5.41 Å². The average molecular weight is 289 g/mol. The summed E-state index contributed by atoms with van der Waals surface area (Å²) >= 11 is 1.96. The number of nitrogens with one attached hydrogen (secondary N) is 1. The Kier molecular flexibility index (Phi) is 10.2. The maximum absolute atomic E-state index is 3.65. The largest absolute Gasteiger partial charge is 0.314 e. The standard InChI is InChI=1S/C16H36N2S/c1-8-15(11-19-7)18(6)13-16(9-2,10-3)12-17-14(4)5/h14-15,17H,8-13H2,1-7H3. The fourth-order valence-electron chi connectivity index (χ4n) is 2.61. The van der Waals surface area contributed by atoms with Gasteiger partial charge in [-0.15, -0.1) is 0 Å². The molecular formula is C16H36N2S. The molecule has 1 N–H and O–H groups in total. The van der Waals surface area contributed by atoms with Gasteiger partial charge in [0.05, 0.1) is 0 Å². The predicted octanol–water partition coefficient (Wildman–Crippen LogP) is 3.86. The second kappa shape index (κ2) is 10.1. The van der Waals surface area contributed by atoms with Crippen molar-refractivity contribution in [1.82, 2.24) is 10.2 Å². The molecule has 1 unspecified atom stereocenters. The van der Waals surface area contributed by atoms with Crippen molar-refractivity contribution in [3.63, 3.8) is 0 Å². The van der Waals surface area contributed by atoms with Gasteiger partial charge in [-0.25, -0.2) is 0 Å². The van der Waals surface area contributed by atoms with Crippen LogP contribution in [-0.2, 0) is 0 Å². The quantitative estimate of drug-likeness (QED) is 0.621. The van der Waals surface area contributed by atoms with Crippen LogP contribution in [0.1, 0.15) is 53.9 Å². The van der Waals surface area contributed by atoms with Gasteiger partial charge in [0.25, 0.3) is 0 Å². The summed E-state index contributed by atoms with van der Waals surface area (Å²) in [6.45, 7) is 13.8. The molecule has 0 radical (unpaired) electrons. The van der Waals surface area contributed by atoms with Crippen molar-refractivity contribution in [2.45, 2.75) is 66.0 Å². The second-order valence-electron chi connectivity index (χ2n) is 6.18. The van der Waals surface area contributed by atoms with Crippen molar-refractivity contribution < 1.29 is 0 Å². The molecule has 0 spiro atoms. The van der Waals surface area contributed by atoms with Gasteiger partial charge < -0.3 is 10.2 Å². The minimum Gasteiger partial charge on any atom is -0.314 e. The van der Waals surface area contributed by atoms with Crippen molar-refractivity contribution in [3.05, 3.63) is 0 Å². The summed E-state index contributed by atoms with van der Waals surface area (Å²) in [5.41, 5.74) is 0.421. The second-order valence-corrected chi connectivity index (χ2v) is 7.09. The highest BCUT2D eigenvalue weighted by molar-refractivity contribution is 7.98. The Balaban J connectivity index is 4.61. The van der Waals surface area contributed by atoms with Gasteiger partial charge in [0.15, 0.2) is 0 Å². The lowest BCUT2D eigenvalue weighted by Gasteiger charge is -2.39. The Labute approximate surface area is 126 Å². The molecule has 0 saturated heterocycles. The first-order valence-corrected chi connectivity index (χ1v) is 9.26. The number of nitrogens with zero attached hydrogens (tertiary/aromatic N) is 1. The van der Waals surface area contributed by atoms with Gasteiger partial charge >= 0.3 is 0 Å². The highest BCUT2D eigenvalue weighted by atomic mass is 32.2. The van der Waals surface area contributed by atoms with Crippen LogP contribution in [0.15, 0.2) is 0 Å². The van der Waals surface area contributed by atoms with Crippen LogP contribution in [0.2, 0.25) is 0 Å². The first-order valence-electron chi connectivity index (χ1n) is 7.87. The van der Waals surface area contributed by atoms with E-state index < -0.39 is 0 Å². The van der Waals surface area contributed by atoms with Crippen LogP contribution in [0.4, 0.5) is 0 Å². The van der Waals surface area contributed by atoms with Gasteiger partial charge in [-0.2, -0.15) is 11.8 Å². The van der Waals surface area contributed by atoms with Crippen molar-refractivity contribution in [2.75, 3.05) is 32.1 Å². The minimum absolute atomic E-state index is 0.421. The Morgan fingerprint density at radius 1 is 1.16 bits per heavy atom. The third-order valence-electron chi connectivity index (χ3n) is 4.42. The fraction of sp³-hybridized carbons (Fsp3) is 1.00. The van der Waals surface area contributed by atoms with E-state index >= 15 is 0 Å². The third-order valence-corrected chi connectivity index (χ3v) is 5.14. The SMILES string of the molecule is CCC(CSC)N(C)CC(CC)(CC)CNC(C)C. The number of hydrogen-bond acceptors (Lipinski definition) is 3. The Hall–Kier alpha value is 0.270. The molecule has 19 heavy (non-hydrogen) atoms. The molecule has 0 fully saturated rings. The number of hydrogen-bond donors (Lipinski definition) is 1. The zero-order chi connectivity index (χ0) is 14.9. The van der Waals surface area contributed by atoms with Gasteiger partial charge in [-0.1, -0.05) is 34.6 Å². The maximum atomic E-state index is 3.65. The van der Waals surface area contributed by atoms with E-state index in [9.17, 15) is 0 Å². The molecule has 0 aliphatic carbocycles. The molecule has 0 aromatic heterocycles. The summed E-state index contributed by atoms with van der Waals surface area (Å²) in [5, 5.41) is 3.65.